The van der Waals surface area contributed by atoms with Gasteiger partial charge in [0.1, 0.15) is 24.6 Å². The third kappa shape index (κ3) is 2.89. The molecule has 3 rings (SSSR count). The summed E-state index contributed by atoms with van der Waals surface area (Å²) in [6, 6.07) is 0. The molecule has 0 saturated carbocycles. The molecule has 1 saturated heterocycles. The van der Waals surface area contributed by atoms with Crippen molar-refractivity contribution in [1.29, 1.82) is 0 Å². The lowest BCUT2D eigenvalue weighted by Gasteiger charge is -2.16. The van der Waals surface area contributed by atoms with Gasteiger partial charge in [-0.2, -0.15) is 0 Å². The Balaban J connectivity index is 1.87. The van der Waals surface area contributed by atoms with E-state index in [9.17, 15) is 15.0 Å². The highest BCUT2D eigenvalue weighted by atomic mass is 16.6. The number of nitrogens with zero attached hydrogens (tertiary/aromatic N) is 4. The number of nitrogens with one attached hydrogen (secondary N) is 1. The van der Waals surface area contributed by atoms with Crippen LogP contribution in [0.15, 0.2) is 12.7 Å². The Bertz CT molecular complexity index is 737. The molecule has 1 fully saturated rings. The predicted octanol–water partition coefficient (Wildman–Crippen LogP) is -1.68. The maximum atomic E-state index is 10.6. The second-order valence-electron chi connectivity index (χ2n) is 5.35. The summed E-state index contributed by atoms with van der Waals surface area (Å²) in [6.45, 7) is -0.263. The number of aromatic nitrogens is 4. The lowest BCUT2D eigenvalue weighted by atomic mass is 10.1. The van der Waals surface area contributed by atoms with Crippen molar-refractivity contribution in [3.63, 3.8) is 0 Å². The zero-order chi connectivity index (χ0) is 17.3. The van der Waals surface area contributed by atoms with Gasteiger partial charge in [-0.1, -0.05) is 0 Å². The molecule has 0 amide bonds. The molecule has 3 heterocycles. The van der Waals surface area contributed by atoms with Crippen molar-refractivity contribution in [3.8, 4) is 0 Å². The Hall–Kier alpha value is -2.34. The number of aliphatic hydroxyl groups is 3. The van der Waals surface area contributed by atoms with Crippen LogP contribution in [0.5, 0.6) is 0 Å². The van der Waals surface area contributed by atoms with Crippen molar-refractivity contribution in [2.75, 3.05) is 18.5 Å². The van der Waals surface area contributed by atoms with Gasteiger partial charge in [0.05, 0.1) is 19.4 Å². The molecule has 2 aromatic rings. The van der Waals surface area contributed by atoms with Gasteiger partial charge >= 0.3 is 5.97 Å². The minimum Gasteiger partial charge on any atom is -0.481 e. The van der Waals surface area contributed by atoms with Crippen LogP contribution in [0, 0.1) is 0 Å². The number of hydrogen-bond acceptors (Lipinski definition) is 9. The number of carboxylic acid groups (broad SMARTS) is 1. The minimum absolute atomic E-state index is 0.0823. The van der Waals surface area contributed by atoms with Gasteiger partial charge in [-0.25, -0.2) is 15.0 Å². The highest BCUT2D eigenvalue weighted by Gasteiger charge is 2.44. The Morgan fingerprint density at radius 3 is 2.75 bits per heavy atom. The van der Waals surface area contributed by atoms with E-state index < -0.39 is 37.1 Å². The fraction of sp³-hybridized carbons (Fsp3) is 0.538. The van der Waals surface area contributed by atoms with Crippen molar-refractivity contribution in [2.45, 2.75) is 31.0 Å². The Labute approximate surface area is 135 Å². The number of carbonyl (C=O) groups is 1. The second kappa shape index (κ2) is 6.65. The number of rotatable bonds is 6. The van der Waals surface area contributed by atoms with Gasteiger partial charge in [0.25, 0.3) is 0 Å². The van der Waals surface area contributed by atoms with Gasteiger partial charge in [0, 0.05) is 6.54 Å². The fourth-order valence-corrected chi connectivity index (χ4v) is 2.57. The van der Waals surface area contributed by atoms with E-state index in [-0.39, 0.29) is 13.0 Å². The van der Waals surface area contributed by atoms with E-state index in [0.717, 1.165) is 0 Å². The van der Waals surface area contributed by atoms with Gasteiger partial charge in [0.15, 0.2) is 23.2 Å². The molecule has 1 aliphatic rings. The first-order valence-electron chi connectivity index (χ1n) is 7.28. The molecule has 1 aliphatic heterocycles. The molecule has 5 N–H and O–H groups in total. The molecule has 0 radical (unpaired) electrons. The molecule has 24 heavy (non-hydrogen) atoms. The molecule has 0 aromatic carbocycles. The van der Waals surface area contributed by atoms with Crippen LogP contribution in [0.4, 0.5) is 5.82 Å². The summed E-state index contributed by atoms with van der Waals surface area (Å²) >= 11 is 0. The number of fused-ring (bicyclic) bond motifs is 1. The molecule has 11 heteroatoms. The Morgan fingerprint density at radius 1 is 1.29 bits per heavy atom. The van der Waals surface area contributed by atoms with Gasteiger partial charge in [-0.3, -0.25) is 9.36 Å². The molecule has 0 aliphatic carbocycles. The van der Waals surface area contributed by atoms with Gasteiger partial charge in [-0.05, 0) is 0 Å². The number of aliphatic hydroxyl groups excluding tert-OH is 3. The largest absolute Gasteiger partial charge is 0.481 e. The molecular weight excluding hydrogens is 322 g/mol. The fourth-order valence-electron chi connectivity index (χ4n) is 2.57. The SMILES string of the molecule is O=C(O)CCNc1ncnc2c1ncn2[C@@H]1O[C@@H](CO)[C@@H](O)[C@H]1O. The van der Waals surface area contributed by atoms with E-state index >= 15 is 0 Å². The minimum atomic E-state index is -1.25. The number of carboxylic acids is 1. The van der Waals surface area contributed by atoms with Crippen LogP contribution in [-0.4, -0.2) is 77.4 Å². The van der Waals surface area contributed by atoms with Crippen molar-refractivity contribution >= 4 is 23.0 Å². The molecule has 4 atom stereocenters. The van der Waals surface area contributed by atoms with Gasteiger partial charge in [0.2, 0.25) is 0 Å². The summed E-state index contributed by atoms with van der Waals surface area (Å²) in [7, 11) is 0. The Morgan fingerprint density at radius 2 is 2.08 bits per heavy atom. The predicted molar refractivity (Wildman–Crippen MR) is 79.1 cm³/mol. The quantitative estimate of drug-likeness (QED) is 0.411. The normalized spacial score (nSPS) is 26.8. The van der Waals surface area contributed by atoms with E-state index in [1.54, 1.807) is 0 Å². The summed E-state index contributed by atoms with van der Waals surface area (Å²) in [5.74, 6) is -0.586. The summed E-state index contributed by atoms with van der Waals surface area (Å²) < 4.78 is 6.89. The van der Waals surface area contributed by atoms with E-state index in [1.165, 1.54) is 17.2 Å². The smallest absolute Gasteiger partial charge is 0.305 e. The third-order valence-electron chi connectivity index (χ3n) is 3.78. The lowest BCUT2D eigenvalue weighted by Crippen LogP contribution is -2.33. The number of hydrogen-bond donors (Lipinski definition) is 5. The first-order chi connectivity index (χ1) is 11.5. The average Bonchev–Trinajstić information content (AvgIpc) is 3.10. The van der Waals surface area contributed by atoms with Crippen LogP contribution in [-0.2, 0) is 9.53 Å². The third-order valence-corrected chi connectivity index (χ3v) is 3.78. The highest BCUT2D eigenvalue weighted by Crippen LogP contribution is 2.31. The summed E-state index contributed by atoms with van der Waals surface area (Å²) in [5, 5.41) is 40.7. The lowest BCUT2D eigenvalue weighted by molar-refractivity contribution is -0.136. The van der Waals surface area contributed by atoms with Crippen LogP contribution in [0.2, 0.25) is 0 Å². The van der Waals surface area contributed by atoms with Crippen molar-refractivity contribution in [1.82, 2.24) is 19.5 Å². The Kier molecular flexibility index (Phi) is 4.57. The van der Waals surface area contributed by atoms with Crippen molar-refractivity contribution < 1.29 is 30.0 Å². The molecule has 2 aromatic heterocycles. The summed E-state index contributed by atoms with van der Waals surface area (Å²) in [5.41, 5.74) is 0.721. The second-order valence-corrected chi connectivity index (χ2v) is 5.35. The first-order valence-corrected chi connectivity index (χ1v) is 7.28. The zero-order valence-corrected chi connectivity index (χ0v) is 12.5. The van der Waals surface area contributed by atoms with Crippen LogP contribution < -0.4 is 5.32 Å². The van der Waals surface area contributed by atoms with Crippen molar-refractivity contribution in [2.24, 2.45) is 0 Å². The molecule has 11 nitrogen and oxygen atoms in total. The van der Waals surface area contributed by atoms with Crippen LogP contribution in [0.1, 0.15) is 12.6 Å². The monoisotopic (exact) mass is 339 g/mol. The zero-order valence-electron chi connectivity index (χ0n) is 12.5. The van der Waals surface area contributed by atoms with Gasteiger partial charge in [-0.15, -0.1) is 0 Å². The number of ether oxygens (including phenoxy) is 1. The maximum absolute atomic E-state index is 10.6. The van der Waals surface area contributed by atoms with E-state index in [2.05, 4.69) is 20.3 Å². The molecule has 0 unspecified atom stereocenters. The van der Waals surface area contributed by atoms with Crippen LogP contribution in [0.3, 0.4) is 0 Å². The first kappa shape index (κ1) is 16.5. The van der Waals surface area contributed by atoms with E-state index in [0.29, 0.717) is 17.0 Å². The van der Waals surface area contributed by atoms with Crippen LogP contribution >= 0.6 is 0 Å². The topological polar surface area (TPSA) is 163 Å². The number of anilines is 1. The standard InChI is InChI=1S/C13H17N5O6/c19-3-6-9(22)10(23)13(24-6)18-5-17-8-11(14-2-1-7(20)21)15-4-16-12(8)18/h4-6,9-10,13,19,22-23H,1-3H2,(H,20,21)(H,14,15,16)/t6-,9+,10+,13+/m0/s1. The van der Waals surface area contributed by atoms with E-state index in [1.807, 2.05) is 0 Å². The summed E-state index contributed by atoms with van der Waals surface area (Å²) in [4.78, 5) is 22.9. The maximum Gasteiger partial charge on any atom is 0.305 e. The molecule has 0 spiro atoms. The highest BCUT2D eigenvalue weighted by molar-refractivity contribution is 5.82. The number of aliphatic carboxylic acids is 1. The average molecular weight is 339 g/mol. The van der Waals surface area contributed by atoms with Crippen molar-refractivity contribution in [3.05, 3.63) is 12.7 Å². The van der Waals surface area contributed by atoms with Crippen LogP contribution in [0.25, 0.3) is 11.2 Å². The van der Waals surface area contributed by atoms with Gasteiger partial charge < -0.3 is 30.5 Å². The molecule has 0 bridgehead atoms. The number of imidazole rings is 1. The summed E-state index contributed by atoms with van der Waals surface area (Å²) in [6.07, 6.45) is -1.78. The van der Waals surface area contributed by atoms with E-state index in [4.69, 9.17) is 14.9 Å². The molecular formula is C13H17N5O6. The molecule has 130 valence electrons.